The second-order valence-corrected chi connectivity index (χ2v) is 12.8. The molecule has 0 aliphatic rings. The fourth-order valence-electron chi connectivity index (χ4n) is 5.80. The number of ether oxygens (including phenoxy) is 1. The van der Waals surface area contributed by atoms with Gasteiger partial charge in [-0.1, -0.05) is 201 Å². The van der Waals surface area contributed by atoms with Crippen LogP contribution in [0.25, 0.3) is 0 Å². The average Bonchev–Trinajstić information content (AvgIpc) is 2.93. The lowest BCUT2D eigenvalue weighted by atomic mass is 9.96. The molecule has 0 rings (SSSR count). The van der Waals surface area contributed by atoms with Crippen molar-refractivity contribution in [3.8, 4) is 0 Å². The van der Waals surface area contributed by atoms with Gasteiger partial charge in [-0.15, -0.1) is 0 Å². The van der Waals surface area contributed by atoms with Crippen LogP contribution in [0.2, 0.25) is 0 Å². The number of hydrogen-bond acceptors (Lipinski definition) is 2. The van der Waals surface area contributed by atoms with Crippen molar-refractivity contribution in [1.29, 1.82) is 0 Å². The van der Waals surface area contributed by atoms with Crippen LogP contribution in [-0.4, -0.2) is 12.6 Å². The molecule has 2 nitrogen and oxygen atoms in total. The Labute approximate surface area is 247 Å². The molecule has 0 spiro atoms. The molecule has 0 fully saturated rings. The number of unbranched alkanes of at least 4 members (excludes halogenated alkanes) is 25. The van der Waals surface area contributed by atoms with E-state index in [0.29, 0.717) is 13.0 Å². The highest BCUT2D eigenvalue weighted by Gasteiger charge is 2.06. The van der Waals surface area contributed by atoms with Gasteiger partial charge in [0.05, 0.1) is 6.61 Å². The molecule has 0 bridgehead atoms. The normalized spacial score (nSPS) is 12.2. The van der Waals surface area contributed by atoms with Crippen molar-refractivity contribution >= 4 is 5.97 Å². The lowest BCUT2D eigenvalue weighted by Gasteiger charge is -2.11. The Hall–Kier alpha value is -0.530. The van der Waals surface area contributed by atoms with Crippen molar-refractivity contribution in [2.24, 2.45) is 5.92 Å². The molecule has 2 heteroatoms. The SMILES string of the molecule is CCCCCCCCCCCCCCCCCCOC(=O)CCCCC(C)CCCCCCCCCCCC. The number of hydrogen-bond donors (Lipinski definition) is 0. The summed E-state index contributed by atoms with van der Waals surface area (Å²) in [6.07, 6.45) is 41.6. The predicted octanol–water partition coefficient (Wildman–Crippen LogP) is 13.3. The molecule has 0 saturated carbocycles. The molecule has 0 aliphatic carbocycles. The summed E-state index contributed by atoms with van der Waals surface area (Å²) in [6, 6.07) is 0. The van der Waals surface area contributed by atoms with Gasteiger partial charge in [-0.3, -0.25) is 4.79 Å². The topological polar surface area (TPSA) is 26.3 Å². The molecule has 0 aliphatic heterocycles. The quantitative estimate of drug-likeness (QED) is 0.0600. The van der Waals surface area contributed by atoms with E-state index >= 15 is 0 Å². The molecule has 0 aromatic carbocycles. The first kappa shape index (κ1) is 38.5. The summed E-state index contributed by atoms with van der Waals surface area (Å²) in [5.41, 5.74) is 0. The van der Waals surface area contributed by atoms with E-state index in [-0.39, 0.29) is 5.97 Å². The summed E-state index contributed by atoms with van der Waals surface area (Å²) in [4.78, 5) is 12.0. The Morgan fingerprint density at radius 3 is 1.13 bits per heavy atom. The van der Waals surface area contributed by atoms with Gasteiger partial charge < -0.3 is 4.74 Å². The van der Waals surface area contributed by atoms with Gasteiger partial charge in [-0.25, -0.2) is 0 Å². The Balaban J connectivity index is 3.25. The van der Waals surface area contributed by atoms with Gasteiger partial charge >= 0.3 is 5.97 Å². The summed E-state index contributed by atoms with van der Waals surface area (Å²) in [5.74, 6) is 0.832. The first-order valence-corrected chi connectivity index (χ1v) is 18.4. The van der Waals surface area contributed by atoms with Gasteiger partial charge in [-0.2, -0.15) is 0 Å². The van der Waals surface area contributed by atoms with Gasteiger partial charge in [0.2, 0.25) is 0 Å². The number of carbonyl (C=O) groups excluding carboxylic acids is 1. The first-order chi connectivity index (χ1) is 19.2. The molecular formula is C37H74O2. The van der Waals surface area contributed by atoms with Gasteiger partial charge in [-0.05, 0) is 18.8 Å². The van der Waals surface area contributed by atoms with E-state index in [4.69, 9.17) is 4.74 Å². The van der Waals surface area contributed by atoms with Crippen LogP contribution in [0, 0.1) is 5.92 Å². The third kappa shape index (κ3) is 33.6. The molecule has 0 amide bonds. The van der Waals surface area contributed by atoms with E-state index in [9.17, 15) is 4.79 Å². The van der Waals surface area contributed by atoms with Gasteiger partial charge in [0, 0.05) is 6.42 Å². The Bertz CT molecular complexity index is 460. The maximum Gasteiger partial charge on any atom is 0.305 e. The van der Waals surface area contributed by atoms with Crippen LogP contribution >= 0.6 is 0 Å². The fourth-order valence-corrected chi connectivity index (χ4v) is 5.80. The maximum absolute atomic E-state index is 12.0. The first-order valence-electron chi connectivity index (χ1n) is 18.4. The van der Waals surface area contributed by atoms with Gasteiger partial charge in [0.15, 0.2) is 0 Å². The van der Waals surface area contributed by atoms with Crippen LogP contribution in [0.5, 0.6) is 0 Å². The van der Waals surface area contributed by atoms with Crippen LogP contribution < -0.4 is 0 Å². The van der Waals surface area contributed by atoms with Crippen molar-refractivity contribution < 1.29 is 9.53 Å². The van der Waals surface area contributed by atoms with Crippen molar-refractivity contribution in [2.45, 2.75) is 220 Å². The van der Waals surface area contributed by atoms with Crippen LogP contribution in [0.4, 0.5) is 0 Å². The van der Waals surface area contributed by atoms with Gasteiger partial charge in [0.25, 0.3) is 0 Å². The van der Waals surface area contributed by atoms with Crippen molar-refractivity contribution in [1.82, 2.24) is 0 Å². The summed E-state index contributed by atoms with van der Waals surface area (Å²) in [6.45, 7) is 7.61. The van der Waals surface area contributed by atoms with Crippen LogP contribution in [0.1, 0.15) is 220 Å². The van der Waals surface area contributed by atoms with E-state index in [1.807, 2.05) is 0 Å². The Kier molecular flexibility index (Phi) is 33.2. The fraction of sp³-hybridized carbons (Fsp3) is 0.973. The third-order valence-corrected chi connectivity index (χ3v) is 8.64. The Morgan fingerprint density at radius 2 is 0.744 bits per heavy atom. The lowest BCUT2D eigenvalue weighted by molar-refractivity contribution is -0.143. The molecule has 0 radical (unpaired) electrons. The molecule has 0 aromatic heterocycles. The number of carbonyl (C=O) groups is 1. The summed E-state index contributed by atoms with van der Waals surface area (Å²) < 4.78 is 5.47. The Morgan fingerprint density at radius 1 is 0.436 bits per heavy atom. The number of esters is 1. The minimum absolute atomic E-state index is 0.0262. The molecule has 0 aromatic rings. The highest BCUT2D eigenvalue weighted by molar-refractivity contribution is 5.69. The summed E-state index contributed by atoms with van der Waals surface area (Å²) in [5, 5.41) is 0. The van der Waals surface area contributed by atoms with Crippen molar-refractivity contribution in [3.05, 3.63) is 0 Å². The standard InChI is InChI=1S/C37H74O2/c1-4-6-8-10-12-14-16-17-18-19-20-21-23-25-27-31-35-39-37(38)34-30-29-33-36(3)32-28-26-24-22-15-13-11-9-7-5-2/h36H,4-35H2,1-3H3. The van der Waals surface area contributed by atoms with E-state index in [1.54, 1.807) is 0 Å². The summed E-state index contributed by atoms with van der Waals surface area (Å²) in [7, 11) is 0. The van der Waals surface area contributed by atoms with Crippen LogP contribution in [0.3, 0.4) is 0 Å². The lowest BCUT2D eigenvalue weighted by Crippen LogP contribution is -2.06. The molecule has 1 unspecified atom stereocenters. The van der Waals surface area contributed by atoms with Gasteiger partial charge in [0.1, 0.15) is 0 Å². The molecule has 234 valence electrons. The monoisotopic (exact) mass is 551 g/mol. The minimum atomic E-state index is 0.0262. The van der Waals surface area contributed by atoms with Crippen LogP contribution in [0.15, 0.2) is 0 Å². The maximum atomic E-state index is 12.0. The molecule has 0 heterocycles. The smallest absolute Gasteiger partial charge is 0.305 e. The molecular weight excluding hydrogens is 476 g/mol. The third-order valence-electron chi connectivity index (χ3n) is 8.64. The zero-order valence-electron chi connectivity index (χ0n) is 27.5. The minimum Gasteiger partial charge on any atom is -0.466 e. The second-order valence-electron chi connectivity index (χ2n) is 12.8. The highest BCUT2D eigenvalue weighted by Crippen LogP contribution is 2.18. The molecule has 39 heavy (non-hydrogen) atoms. The highest BCUT2D eigenvalue weighted by atomic mass is 16.5. The van der Waals surface area contributed by atoms with E-state index < -0.39 is 0 Å². The number of rotatable bonds is 33. The van der Waals surface area contributed by atoms with Crippen LogP contribution in [-0.2, 0) is 9.53 Å². The summed E-state index contributed by atoms with van der Waals surface area (Å²) >= 11 is 0. The zero-order valence-corrected chi connectivity index (χ0v) is 27.5. The molecule has 1 atom stereocenters. The average molecular weight is 551 g/mol. The molecule has 0 N–H and O–H groups in total. The van der Waals surface area contributed by atoms with E-state index in [1.165, 1.54) is 180 Å². The largest absolute Gasteiger partial charge is 0.466 e. The second kappa shape index (κ2) is 33.7. The molecule has 0 saturated heterocycles. The zero-order chi connectivity index (χ0) is 28.5. The van der Waals surface area contributed by atoms with Crippen molar-refractivity contribution in [3.63, 3.8) is 0 Å². The van der Waals surface area contributed by atoms with Crippen molar-refractivity contribution in [2.75, 3.05) is 6.61 Å². The van der Waals surface area contributed by atoms with E-state index in [0.717, 1.165) is 18.8 Å². The predicted molar refractivity (Wildman–Crippen MR) is 175 cm³/mol. The van der Waals surface area contributed by atoms with E-state index in [2.05, 4.69) is 20.8 Å².